The van der Waals surface area contributed by atoms with E-state index in [2.05, 4.69) is 5.32 Å². The first-order chi connectivity index (χ1) is 12.9. The smallest absolute Gasteiger partial charge is 0.306 e. The topological polar surface area (TPSA) is 55.4 Å². The summed E-state index contributed by atoms with van der Waals surface area (Å²) in [5.74, 6) is -1.74. The molecule has 0 atom stereocenters. The lowest BCUT2D eigenvalue weighted by Crippen LogP contribution is -2.28. The largest absolute Gasteiger partial charge is 0.464 e. The number of ether oxygens (including phenoxy) is 1. The first-order valence-corrected chi connectivity index (χ1v) is 8.86. The Morgan fingerprint density at radius 3 is 2.48 bits per heavy atom. The molecular formula is C21H23F2NO3. The van der Waals surface area contributed by atoms with Crippen LogP contribution in [0.25, 0.3) is 0 Å². The van der Waals surface area contributed by atoms with Crippen molar-refractivity contribution in [3.63, 3.8) is 0 Å². The van der Waals surface area contributed by atoms with Crippen molar-refractivity contribution in [2.45, 2.75) is 32.6 Å². The molecule has 1 amide bonds. The van der Waals surface area contributed by atoms with Crippen molar-refractivity contribution >= 4 is 11.9 Å². The summed E-state index contributed by atoms with van der Waals surface area (Å²) in [7, 11) is 0. The van der Waals surface area contributed by atoms with Crippen molar-refractivity contribution in [1.29, 1.82) is 0 Å². The maximum absolute atomic E-state index is 13.5. The highest BCUT2D eigenvalue weighted by Crippen LogP contribution is 2.12. The standard InChI is InChI=1S/C21H23F2NO3/c1-15-2-4-16(5-3-15)6-10-20(25)24-12-13-27-21(26)11-7-17-14-18(22)8-9-19(17)23/h2-5,8-9,14H,6-7,10-13H2,1H3,(H,24,25). The number of hydrogen-bond acceptors (Lipinski definition) is 3. The predicted molar refractivity (Wildman–Crippen MR) is 98.1 cm³/mol. The molecule has 0 radical (unpaired) electrons. The van der Waals surface area contributed by atoms with Gasteiger partial charge in [-0.25, -0.2) is 8.78 Å². The first kappa shape index (κ1) is 20.6. The van der Waals surface area contributed by atoms with Crippen LogP contribution < -0.4 is 5.32 Å². The van der Waals surface area contributed by atoms with Crippen LogP contribution in [0.1, 0.15) is 29.5 Å². The molecule has 0 heterocycles. The fourth-order valence-electron chi connectivity index (χ4n) is 2.50. The highest BCUT2D eigenvalue weighted by molar-refractivity contribution is 5.76. The number of carbonyl (C=O) groups excluding carboxylic acids is 2. The molecule has 0 saturated carbocycles. The Labute approximate surface area is 157 Å². The number of hydrogen-bond donors (Lipinski definition) is 1. The first-order valence-electron chi connectivity index (χ1n) is 8.86. The van der Waals surface area contributed by atoms with Crippen molar-refractivity contribution in [3.05, 3.63) is 70.8 Å². The van der Waals surface area contributed by atoms with Crippen LogP contribution in [-0.4, -0.2) is 25.0 Å². The molecule has 0 aliphatic carbocycles. The molecule has 2 aromatic rings. The van der Waals surface area contributed by atoms with E-state index in [1.165, 1.54) is 5.56 Å². The third-order valence-electron chi connectivity index (χ3n) is 4.05. The molecule has 1 N–H and O–H groups in total. The van der Waals surface area contributed by atoms with Crippen LogP contribution in [0.3, 0.4) is 0 Å². The Balaban J connectivity index is 1.58. The average Bonchev–Trinajstić information content (AvgIpc) is 2.65. The summed E-state index contributed by atoms with van der Waals surface area (Å²) in [6.45, 7) is 2.26. The van der Waals surface area contributed by atoms with E-state index in [0.29, 0.717) is 12.8 Å². The third kappa shape index (κ3) is 7.56. The van der Waals surface area contributed by atoms with Crippen molar-refractivity contribution in [3.8, 4) is 0 Å². The van der Waals surface area contributed by atoms with Gasteiger partial charge in [-0.1, -0.05) is 29.8 Å². The SMILES string of the molecule is Cc1ccc(CCC(=O)NCCOC(=O)CCc2cc(F)ccc2F)cc1. The van der Waals surface area contributed by atoms with Crippen LogP contribution in [0.15, 0.2) is 42.5 Å². The predicted octanol–water partition coefficient (Wildman–Crippen LogP) is 3.50. The summed E-state index contributed by atoms with van der Waals surface area (Å²) in [4.78, 5) is 23.4. The van der Waals surface area contributed by atoms with Gasteiger partial charge < -0.3 is 10.1 Å². The van der Waals surface area contributed by atoms with Crippen LogP contribution in [0.5, 0.6) is 0 Å². The molecule has 0 aliphatic rings. The monoisotopic (exact) mass is 375 g/mol. The molecule has 27 heavy (non-hydrogen) atoms. The molecule has 0 aliphatic heterocycles. The zero-order chi connectivity index (χ0) is 19.6. The molecular weight excluding hydrogens is 352 g/mol. The van der Waals surface area contributed by atoms with E-state index in [4.69, 9.17) is 4.74 Å². The Bertz CT molecular complexity index is 775. The summed E-state index contributed by atoms with van der Waals surface area (Å²) >= 11 is 0. The van der Waals surface area contributed by atoms with Gasteiger partial charge in [0.2, 0.25) is 5.91 Å². The number of halogens is 2. The fraction of sp³-hybridized carbons (Fsp3) is 0.333. The highest BCUT2D eigenvalue weighted by Gasteiger charge is 2.09. The van der Waals surface area contributed by atoms with Gasteiger partial charge in [-0.15, -0.1) is 0 Å². The van der Waals surface area contributed by atoms with Crippen LogP contribution in [0.2, 0.25) is 0 Å². The van der Waals surface area contributed by atoms with E-state index in [0.717, 1.165) is 23.8 Å². The van der Waals surface area contributed by atoms with Crippen molar-refractivity contribution in [2.75, 3.05) is 13.2 Å². The average molecular weight is 375 g/mol. The minimum Gasteiger partial charge on any atom is -0.464 e. The molecule has 0 spiro atoms. The van der Waals surface area contributed by atoms with Crippen molar-refractivity contribution in [1.82, 2.24) is 5.32 Å². The summed E-state index contributed by atoms with van der Waals surface area (Å²) in [5.41, 5.74) is 2.40. The van der Waals surface area contributed by atoms with E-state index >= 15 is 0 Å². The number of aryl methyl sites for hydroxylation is 3. The van der Waals surface area contributed by atoms with Gasteiger partial charge in [-0.3, -0.25) is 9.59 Å². The zero-order valence-electron chi connectivity index (χ0n) is 15.3. The summed E-state index contributed by atoms with van der Waals surface area (Å²) < 4.78 is 31.5. The lowest BCUT2D eigenvalue weighted by molar-refractivity contribution is -0.143. The van der Waals surface area contributed by atoms with Gasteiger partial charge in [0.15, 0.2) is 0 Å². The van der Waals surface area contributed by atoms with Gasteiger partial charge in [-0.05, 0) is 49.1 Å². The number of nitrogens with one attached hydrogen (secondary N) is 1. The molecule has 0 aromatic heterocycles. The third-order valence-corrected chi connectivity index (χ3v) is 4.05. The summed E-state index contributed by atoms with van der Waals surface area (Å²) in [5, 5.41) is 2.68. The lowest BCUT2D eigenvalue weighted by Gasteiger charge is -2.08. The molecule has 2 rings (SSSR count). The number of carbonyl (C=O) groups is 2. The molecule has 0 unspecified atom stereocenters. The minimum absolute atomic E-state index is 0.0424. The normalized spacial score (nSPS) is 10.5. The summed E-state index contributed by atoms with van der Waals surface area (Å²) in [6.07, 6.45) is 1.01. The molecule has 4 nitrogen and oxygen atoms in total. The van der Waals surface area contributed by atoms with E-state index in [1.54, 1.807) is 0 Å². The van der Waals surface area contributed by atoms with Crippen LogP contribution in [0, 0.1) is 18.6 Å². The van der Waals surface area contributed by atoms with Gasteiger partial charge >= 0.3 is 5.97 Å². The Morgan fingerprint density at radius 2 is 1.74 bits per heavy atom. The Morgan fingerprint density at radius 1 is 1.00 bits per heavy atom. The highest BCUT2D eigenvalue weighted by atomic mass is 19.1. The van der Waals surface area contributed by atoms with E-state index in [-0.39, 0.29) is 37.5 Å². The molecule has 6 heteroatoms. The minimum atomic E-state index is -0.551. The molecule has 0 saturated heterocycles. The van der Waals surface area contributed by atoms with Gasteiger partial charge in [0.05, 0.1) is 6.54 Å². The second kappa shape index (κ2) is 10.4. The van der Waals surface area contributed by atoms with E-state index < -0.39 is 17.6 Å². The molecule has 144 valence electrons. The molecule has 0 bridgehead atoms. The van der Waals surface area contributed by atoms with Crippen LogP contribution in [0.4, 0.5) is 8.78 Å². The number of benzene rings is 2. The van der Waals surface area contributed by atoms with Crippen LogP contribution in [-0.2, 0) is 27.2 Å². The maximum atomic E-state index is 13.5. The fourth-order valence-corrected chi connectivity index (χ4v) is 2.50. The van der Waals surface area contributed by atoms with Gasteiger partial charge in [0.1, 0.15) is 18.2 Å². The Kier molecular flexibility index (Phi) is 7.92. The molecule has 0 fully saturated rings. The summed E-state index contributed by atoms with van der Waals surface area (Å²) in [6, 6.07) is 11.1. The van der Waals surface area contributed by atoms with Gasteiger partial charge in [-0.2, -0.15) is 0 Å². The number of amides is 1. The van der Waals surface area contributed by atoms with Gasteiger partial charge in [0, 0.05) is 12.8 Å². The van der Waals surface area contributed by atoms with E-state index in [1.807, 2.05) is 31.2 Å². The number of esters is 1. The quantitative estimate of drug-likeness (QED) is 0.539. The van der Waals surface area contributed by atoms with Crippen molar-refractivity contribution in [2.24, 2.45) is 0 Å². The number of rotatable bonds is 9. The second-order valence-electron chi connectivity index (χ2n) is 6.29. The van der Waals surface area contributed by atoms with Crippen LogP contribution >= 0.6 is 0 Å². The van der Waals surface area contributed by atoms with Gasteiger partial charge in [0.25, 0.3) is 0 Å². The van der Waals surface area contributed by atoms with E-state index in [9.17, 15) is 18.4 Å². The second-order valence-corrected chi connectivity index (χ2v) is 6.29. The molecule has 2 aromatic carbocycles. The maximum Gasteiger partial charge on any atom is 0.306 e. The van der Waals surface area contributed by atoms with Crippen molar-refractivity contribution < 1.29 is 23.1 Å². The zero-order valence-corrected chi connectivity index (χ0v) is 15.3. The Hall–Kier alpha value is -2.76. The lowest BCUT2D eigenvalue weighted by atomic mass is 10.1.